The number of amides is 1. The van der Waals surface area contributed by atoms with E-state index in [1.807, 2.05) is 6.07 Å². The number of rotatable bonds is 11. The van der Waals surface area contributed by atoms with E-state index in [2.05, 4.69) is 52.6 Å². The highest BCUT2D eigenvalue weighted by atomic mass is 31.2. The average molecular weight is 607 g/mol. The van der Waals surface area contributed by atoms with Gasteiger partial charge in [0.15, 0.2) is 6.23 Å². The molecule has 2 aromatic rings. The minimum absolute atomic E-state index is 0.0907. The van der Waals surface area contributed by atoms with Crippen molar-refractivity contribution < 1.29 is 29.8 Å². The van der Waals surface area contributed by atoms with Gasteiger partial charge in [-0.1, -0.05) is 18.2 Å². The third kappa shape index (κ3) is 7.60. The number of hydrogen-bond acceptors (Lipinski definition) is 9. The Hall–Kier alpha value is -2.75. The number of anilines is 1. The van der Waals surface area contributed by atoms with E-state index in [1.165, 1.54) is 11.7 Å². The fraction of sp³-hybridized carbons (Fsp3) is 0.586. The summed E-state index contributed by atoms with van der Waals surface area (Å²) in [5.41, 5.74) is -0.638. The molecule has 2 saturated heterocycles. The second-order valence-corrected chi connectivity index (χ2v) is 11.9. The summed E-state index contributed by atoms with van der Waals surface area (Å²) in [7, 11) is -0.340. The van der Waals surface area contributed by atoms with Gasteiger partial charge in [0, 0.05) is 44.3 Å². The standard InChI is InChI=1S/C28H38N5O6P.CH4O/c1-18(2)33(19(3)4)40(37-16-14-29-7)39-23-22-26(38-28(23,6)13-15-36-22)32-17-20(5)24(31-27(32)35)30-25(34)21-11-9-8-10-12-21;1-2/h8-12,17-19,22-23,26H,13-16H2,1-6H3,(H,30,31,34,35);2H,1H3/t22?,23?,26-,28+,40?;/m1./s1/i6D;2T. The van der Waals surface area contributed by atoms with Gasteiger partial charge in [0.2, 0.25) is 7.98 Å². The molecule has 0 spiro atoms. The predicted molar refractivity (Wildman–Crippen MR) is 160 cm³/mol. The molecule has 1 aromatic carbocycles. The van der Waals surface area contributed by atoms with Crippen molar-refractivity contribution in [3.63, 3.8) is 0 Å². The number of aromatic nitrogens is 2. The smallest absolute Gasteiger partial charge is 0.351 e. The molecule has 0 radical (unpaired) electrons. The van der Waals surface area contributed by atoms with E-state index in [0.717, 1.165) is 0 Å². The van der Waals surface area contributed by atoms with Gasteiger partial charge in [-0.3, -0.25) is 9.36 Å². The Bertz CT molecular complexity index is 1320. The number of carbonyl (C=O) groups excluding carboxylic acids is 1. The van der Waals surface area contributed by atoms with Crippen LogP contribution < -0.4 is 11.0 Å². The van der Waals surface area contributed by atoms with Gasteiger partial charge in [-0.25, -0.2) is 16.0 Å². The van der Waals surface area contributed by atoms with Crippen molar-refractivity contribution in [3.8, 4) is 0 Å². The molecule has 5 atom stereocenters. The number of hydrogen-bond donors (Lipinski definition) is 2. The maximum Gasteiger partial charge on any atom is 0.351 e. The Balaban J connectivity index is 0.00000169. The maximum absolute atomic E-state index is 13.3. The summed E-state index contributed by atoms with van der Waals surface area (Å²) in [5, 5.41) is 6.21. The number of aryl methyl sites for hydroxylation is 1. The zero-order chi connectivity index (χ0) is 32.4. The van der Waals surface area contributed by atoms with Crippen LogP contribution in [0.3, 0.4) is 0 Å². The van der Waals surface area contributed by atoms with Gasteiger partial charge in [-0.15, -0.1) is 0 Å². The number of fused-ring (bicyclic) bond motifs is 2. The molecule has 2 bridgehead atoms. The van der Waals surface area contributed by atoms with Crippen molar-refractivity contribution >= 4 is 20.3 Å². The van der Waals surface area contributed by atoms with Crippen molar-refractivity contribution in [3.05, 3.63) is 69.6 Å². The van der Waals surface area contributed by atoms with Crippen molar-refractivity contribution in [1.29, 1.82) is 1.43 Å². The molecule has 1 aromatic heterocycles. The number of aliphatic hydroxyl groups excluding tert-OH is 1. The van der Waals surface area contributed by atoms with E-state index in [1.54, 1.807) is 37.4 Å². The molecular formula is C29H42N5O7P. The van der Waals surface area contributed by atoms with Crippen LogP contribution in [-0.2, 0) is 18.5 Å². The van der Waals surface area contributed by atoms with E-state index in [-0.39, 0.29) is 43.9 Å². The SMILES string of the molecule is [2H]C[C@]12CCOC(C1OP(OCC[N+]#[C-])N(C(C)C)C(C)C)[C@H](n1cc(C)c(NC(=O)c3ccccc3)nc1=O)O2.[3H]OC. The number of ether oxygens (including phenoxy) is 2. The Labute approximate surface area is 251 Å². The lowest BCUT2D eigenvalue weighted by Gasteiger charge is -2.41. The van der Waals surface area contributed by atoms with Crippen LogP contribution in [0.5, 0.6) is 0 Å². The lowest BCUT2D eigenvalue weighted by Crippen LogP contribution is -2.49. The van der Waals surface area contributed by atoms with Crippen LogP contribution in [0, 0.1) is 13.5 Å². The first kappa shape index (κ1) is 30.7. The fourth-order valence-electron chi connectivity index (χ4n) is 4.96. The number of nitrogens with zero attached hydrogens (tertiary/aromatic N) is 4. The van der Waals surface area contributed by atoms with E-state index in [4.69, 9.17) is 27.9 Å². The molecule has 0 saturated carbocycles. The Kier molecular flexibility index (Phi) is 11.1. The van der Waals surface area contributed by atoms with E-state index >= 15 is 0 Å². The normalized spacial score (nSPS) is 24.4. The molecule has 230 valence electrons. The minimum Gasteiger partial charge on any atom is -0.400 e. The average Bonchev–Trinajstić information content (AvgIpc) is 3.14. The summed E-state index contributed by atoms with van der Waals surface area (Å²) in [6, 6.07) is 8.86. The lowest BCUT2D eigenvalue weighted by molar-refractivity contribution is -0.103. The summed E-state index contributed by atoms with van der Waals surface area (Å²) >= 11 is 0. The van der Waals surface area contributed by atoms with Gasteiger partial charge in [-0.05, 0) is 53.7 Å². The summed E-state index contributed by atoms with van der Waals surface area (Å²) in [6.45, 7) is 17.7. The molecule has 12 nitrogen and oxygen atoms in total. The van der Waals surface area contributed by atoms with Crippen molar-refractivity contribution in [2.45, 2.75) is 84.1 Å². The Morgan fingerprint density at radius 3 is 2.71 bits per heavy atom. The quantitative estimate of drug-likeness (QED) is 0.220. The Morgan fingerprint density at radius 2 is 2.10 bits per heavy atom. The summed E-state index contributed by atoms with van der Waals surface area (Å²) < 4.78 is 43.0. The van der Waals surface area contributed by atoms with Crippen LogP contribution in [0.2, 0.25) is 0 Å². The highest BCUT2D eigenvalue weighted by Crippen LogP contribution is 2.54. The summed E-state index contributed by atoms with van der Waals surface area (Å²) in [4.78, 5) is 33.5. The predicted octanol–water partition coefficient (Wildman–Crippen LogP) is 4.16. The van der Waals surface area contributed by atoms with Crippen LogP contribution in [0.4, 0.5) is 5.82 Å². The molecule has 3 heterocycles. The first-order valence-corrected chi connectivity index (χ1v) is 14.9. The number of carbonyl (C=O) groups is 1. The van der Waals surface area contributed by atoms with Gasteiger partial charge >= 0.3 is 5.69 Å². The van der Waals surface area contributed by atoms with Crippen LogP contribution in [0.1, 0.15) is 64.5 Å². The van der Waals surface area contributed by atoms with Gasteiger partial charge in [-0.2, -0.15) is 4.98 Å². The number of nitrogens with one attached hydrogen (secondary N) is 1. The largest absolute Gasteiger partial charge is 0.400 e. The molecule has 2 fully saturated rings. The van der Waals surface area contributed by atoms with Gasteiger partial charge < -0.3 is 33.8 Å². The van der Waals surface area contributed by atoms with E-state index < -0.39 is 38.3 Å². The minimum atomic E-state index is -1.63. The van der Waals surface area contributed by atoms with Crippen LogP contribution in [0.25, 0.3) is 4.85 Å². The zero-order valence-corrected chi connectivity index (χ0v) is 25.9. The van der Waals surface area contributed by atoms with Crippen LogP contribution in [-0.4, -0.2) is 83.4 Å². The zero-order valence-electron chi connectivity index (χ0n) is 27.0. The van der Waals surface area contributed by atoms with Gasteiger partial charge in [0.25, 0.3) is 14.4 Å². The van der Waals surface area contributed by atoms with Crippen molar-refractivity contribution in [2.75, 3.05) is 32.2 Å². The third-order valence-corrected chi connectivity index (χ3v) is 8.93. The highest BCUT2D eigenvalue weighted by Gasteiger charge is 2.59. The monoisotopic (exact) mass is 606 g/mol. The van der Waals surface area contributed by atoms with Crippen molar-refractivity contribution in [1.82, 2.24) is 14.2 Å². The lowest BCUT2D eigenvalue weighted by atomic mass is 9.92. The van der Waals surface area contributed by atoms with E-state index in [9.17, 15) is 9.59 Å². The highest BCUT2D eigenvalue weighted by molar-refractivity contribution is 7.44. The molecular weight excluding hydrogens is 561 g/mol. The van der Waals surface area contributed by atoms with E-state index in [0.29, 0.717) is 24.2 Å². The van der Waals surface area contributed by atoms with Crippen LogP contribution >= 0.6 is 8.53 Å². The molecule has 1 amide bonds. The second kappa shape index (κ2) is 15.1. The molecule has 2 aliphatic rings. The molecule has 4 rings (SSSR count). The summed E-state index contributed by atoms with van der Waals surface area (Å²) in [6.07, 6.45) is -0.286. The fourth-order valence-corrected chi connectivity index (χ4v) is 6.77. The number of benzene rings is 1. The molecule has 0 aliphatic carbocycles. The first-order chi connectivity index (χ1) is 21.0. The molecule has 13 heteroatoms. The topological polar surface area (TPSA) is 129 Å². The second-order valence-electron chi connectivity index (χ2n) is 10.5. The maximum atomic E-state index is 13.3. The van der Waals surface area contributed by atoms with Crippen molar-refractivity contribution in [2.24, 2.45) is 0 Å². The third-order valence-electron chi connectivity index (χ3n) is 6.82. The molecule has 2 N–H and O–H groups in total. The summed E-state index contributed by atoms with van der Waals surface area (Å²) in [5.74, 6) is -0.214. The number of aliphatic hydroxyl groups is 1. The molecule has 2 aliphatic heterocycles. The van der Waals surface area contributed by atoms with Gasteiger partial charge in [0.05, 0.1) is 12.2 Å². The molecule has 3 unspecified atom stereocenters. The molecule has 42 heavy (non-hydrogen) atoms. The Morgan fingerprint density at radius 1 is 1.40 bits per heavy atom. The van der Waals surface area contributed by atoms with Crippen LogP contribution in [0.15, 0.2) is 41.3 Å². The first-order valence-electron chi connectivity index (χ1n) is 14.9. The van der Waals surface area contributed by atoms with Gasteiger partial charge in [0.1, 0.15) is 24.6 Å².